The van der Waals surface area contributed by atoms with Crippen LogP contribution >= 0.6 is 15.9 Å². The maximum atomic E-state index is 12.2. The van der Waals surface area contributed by atoms with Crippen molar-refractivity contribution in [2.45, 2.75) is 39.8 Å². The maximum Gasteiger partial charge on any atom is 0.407 e. The monoisotopic (exact) mass is 473 g/mol. The second-order valence-electron chi connectivity index (χ2n) is 7.92. The average molecular weight is 474 g/mol. The number of carbonyl (C=O) groups is 2. The molecular weight excluding hydrogens is 450 g/mol. The molecule has 3 aromatic rings. The summed E-state index contributed by atoms with van der Waals surface area (Å²) in [5.41, 5.74) is 3.05. The van der Waals surface area contributed by atoms with E-state index in [1.165, 1.54) is 7.11 Å². The van der Waals surface area contributed by atoms with Gasteiger partial charge in [-0.3, -0.25) is 0 Å². The summed E-state index contributed by atoms with van der Waals surface area (Å²) in [6.07, 6.45) is -0.478. The predicted molar refractivity (Wildman–Crippen MR) is 119 cm³/mol. The second-order valence-corrected chi connectivity index (χ2v) is 8.71. The molecule has 6 nitrogen and oxygen atoms in total. The van der Waals surface area contributed by atoms with E-state index >= 15 is 0 Å². The van der Waals surface area contributed by atoms with Crippen LogP contribution in [-0.4, -0.2) is 24.8 Å². The maximum absolute atomic E-state index is 12.2. The first-order valence-electron chi connectivity index (χ1n) is 9.46. The van der Waals surface area contributed by atoms with Crippen molar-refractivity contribution in [1.82, 2.24) is 5.32 Å². The summed E-state index contributed by atoms with van der Waals surface area (Å²) in [7, 11) is 1.35. The molecule has 0 aliphatic heterocycles. The number of methoxy groups -OCH3 is 1. The van der Waals surface area contributed by atoms with Gasteiger partial charge in [-0.15, -0.1) is 0 Å². The van der Waals surface area contributed by atoms with E-state index in [-0.39, 0.29) is 0 Å². The Balaban J connectivity index is 1.97. The van der Waals surface area contributed by atoms with Crippen LogP contribution in [0.1, 0.15) is 42.5 Å². The lowest BCUT2D eigenvalue weighted by Crippen LogP contribution is -2.32. The fourth-order valence-electron chi connectivity index (χ4n) is 3.08. The average Bonchev–Trinajstić information content (AvgIpc) is 2.98. The van der Waals surface area contributed by atoms with E-state index in [1.54, 1.807) is 12.1 Å². The molecule has 1 N–H and O–H groups in total. The second kappa shape index (κ2) is 8.52. The minimum atomic E-state index is -0.559. The summed E-state index contributed by atoms with van der Waals surface area (Å²) in [6.45, 7) is 7.61. The van der Waals surface area contributed by atoms with Crippen LogP contribution in [0.3, 0.4) is 0 Å². The number of furan rings is 1. The number of amides is 1. The van der Waals surface area contributed by atoms with Crippen LogP contribution in [0.5, 0.6) is 0 Å². The van der Waals surface area contributed by atoms with Crippen molar-refractivity contribution < 1.29 is 23.5 Å². The molecule has 0 saturated heterocycles. The molecule has 1 aromatic heterocycles. The van der Waals surface area contributed by atoms with E-state index in [2.05, 4.69) is 21.2 Å². The van der Waals surface area contributed by atoms with Crippen LogP contribution in [0, 0.1) is 6.92 Å². The standard InChI is InChI=1S/C23H24BrNO5/c1-13-19(24)18-11-16(21(26)28-5)10-17(20(18)29-13)15-8-6-7-14(9-15)12-25-22(27)30-23(2,3)4/h6-11H,12H2,1-5H3,(H,25,27). The first-order chi connectivity index (χ1) is 14.1. The quantitative estimate of drug-likeness (QED) is 0.471. The number of aryl methyl sites for hydroxylation is 1. The molecule has 0 spiro atoms. The summed E-state index contributed by atoms with van der Waals surface area (Å²) in [5.74, 6) is 0.294. The number of ether oxygens (including phenoxy) is 2. The van der Waals surface area contributed by atoms with Gasteiger partial charge in [0.2, 0.25) is 0 Å². The van der Waals surface area contributed by atoms with Gasteiger partial charge in [-0.25, -0.2) is 9.59 Å². The Labute approximate surface area is 183 Å². The van der Waals surface area contributed by atoms with Crippen molar-refractivity contribution in [3.8, 4) is 11.1 Å². The molecule has 2 aromatic carbocycles. The molecule has 0 aliphatic carbocycles. The van der Waals surface area contributed by atoms with Gasteiger partial charge in [0.25, 0.3) is 0 Å². The third kappa shape index (κ3) is 4.84. The number of carbonyl (C=O) groups excluding carboxylic acids is 2. The van der Waals surface area contributed by atoms with E-state index in [0.29, 0.717) is 17.7 Å². The summed E-state index contributed by atoms with van der Waals surface area (Å²) < 4.78 is 16.9. The fraction of sp³-hybridized carbons (Fsp3) is 0.304. The zero-order valence-corrected chi connectivity index (χ0v) is 19.2. The SMILES string of the molecule is COC(=O)c1cc(-c2cccc(CNC(=O)OC(C)(C)C)c2)c2oc(C)c(Br)c2c1. The van der Waals surface area contributed by atoms with Crippen LogP contribution in [0.4, 0.5) is 4.79 Å². The van der Waals surface area contributed by atoms with Crippen molar-refractivity contribution in [3.63, 3.8) is 0 Å². The molecule has 30 heavy (non-hydrogen) atoms. The smallest absolute Gasteiger partial charge is 0.407 e. The molecule has 0 unspecified atom stereocenters. The van der Waals surface area contributed by atoms with Gasteiger partial charge in [0, 0.05) is 17.5 Å². The Hall–Kier alpha value is -2.80. The van der Waals surface area contributed by atoms with Gasteiger partial charge < -0.3 is 19.2 Å². The number of esters is 1. The molecule has 0 saturated carbocycles. The molecule has 0 atom stereocenters. The number of halogens is 1. The van der Waals surface area contributed by atoms with Gasteiger partial charge in [-0.2, -0.15) is 0 Å². The molecule has 7 heteroatoms. The Kier molecular flexibility index (Phi) is 6.22. The van der Waals surface area contributed by atoms with E-state index in [4.69, 9.17) is 13.9 Å². The molecule has 0 fully saturated rings. The number of fused-ring (bicyclic) bond motifs is 1. The van der Waals surface area contributed by atoms with Gasteiger partial charge in [0.15, 0.2) is 0 Å². The highest BCUT2D eigenvalue weighted by Gasteiger charge is 2.19. The lowest BCUT2D eigenvalue weighted by atomic mass is 9.98. The number of benzene rings is 2. The molecule has 0 radical (unpaired) electrons. The summed E-state index contributed by atoms with van der Waals surface area (Å²) >= 11 is 3.53. The Bertz CT molecular complexity index is 1110. The number of nitrogens with one attached hydrogen (secondary N) is 1. The topological polar surface area (TPSA) is 77.8 Å². The van der Waals surface area contributed by atoms with Gasteiger partial charge >= 0.3 is 12.1 Å². The summed E-state index contributed by atoms with van der Waals surface area (Å²) in [4.78, 5) is 24.1. The van der Waals surface area contributed by atoms with E-state index < -0.39 is 17.7 Å². The number of rotatable bonds is 4. The summed E-state index contributed by atoms with van der Waals surface area (Å²) in [5, 5.41) is 3.55. The van der Waals surface area contributed by atoms with Crippen molar-refractivity contribution in [3.05, 3.63) is 57.8 Å². The first-order valence-corrected chi connectivity index (χ1v) is 10.3. The Morgan fingerprint density at radius 3 is 2.57 bits per heavy atom. The number of hydrogen-bond acceptors (Lipinski definition) is 5. The van der Waals surface area contributed by atoms with Crippen LogP contribution in [0.2, 0.25) is 0 Å². The van der Waals surface area contributed by atoms with E-state index in [9.17, 15) is 9.59 Å². The third-order valence-electron chi connectivity index (χ3n) is 4.38. The molecule has 1 amide bonds. The van der Waals surface area contributed by atoms with Crippen molar-refractivity contribution in [2.24, 2.45) is 0 Å². The highest BCUT2D eigenvalue weighted by Crippen LogP contribution is 2.38. The zero-order chi connectivity index (χ0) is 22.1. The van der Waals surface area contributed by atoms with Gasteiger partial charge in [0.05, 0.1) is 17.1 Å². The highest BCUT2D eigenvalue weighted by atomic mass is 79.9. The molecular formula is C23H24BrNO5. The fourth-order valence-corrected chi connectivity index (χ4v) is 3.45. The van der Waals surface area contributed by atoms with Crippen LogP contribution in [-0.2, 0) is 16.0 Å². The molecule has 0 bridgehead atoms. The van der Waals surface area contributed by atoms with Crippen molar-refractivity contribution in [2.75, 3.05) is 7.11 Å². The van der Waals surface area contributed by atoms with Crippen molar-refractivity contribution >= 4 is 39.0 Å². The van der Waals surface area contributed by atoms with Crippen LogP contribution in [0.15, 0.2) is 45.3 Å². The van der Waals surface area contributed by atoms with Gasteiger partial charge in [-0.1, -0.05) is 18.2 Å². The molecule has 0 aliphatic rings. The highest BCUT2D eigenvalue weighted by molar-refractivity contribution is 9.10. The Morgan fingerprint density at radius 2 is 1.90 bits per heavy atom. The predicted octanol–water partition coefficient (Wildman–Crippen LogP) is 5.98. The Morgan fingerprint density at radius 1 is 1.17 bits per heavy atom. The van der Waals surface area contributed by atoms with Crippen molar-refractivity contribution in [1.29, 1.82) is 0 Å². The minimum Gasteiger partial charge on any atom is -0.465 e. The van der Waals surface area contributed by atoms with Crippen LogP contribution in [0.25, 0.3) is 22.1 Å². The third-order valence-corrected chi connectivity index (χ3v) is 5.37. The zero-order valence-electron chi connectivity index (χ0n) is 17.6. The van der Waals surface area contributed by atoms with E-state index in [1.807, 2.05) is 52.0 Å². The first kappa shape index (κ1) is 21.9. The van der Waals surface area contributed by atoms with E-state index in [0.717, 1.165) is 32.3 Å². The molecule has 158 valence electrons. The lowest BCUT2D eigenvalue weighted by Gasteiger charge is -2.19. The van der Waals surface area contributed by atoms with Gasteiger partial charge in [-0.05, 0) is 73.0 Å². The van der Waals surface area contributed by atoms with Crippen LogP contribution < -0.4 is 5.32 Å². The summed E-state index contributed by atoms with van der Waals surface area (Å²) in [6, 6.07) is 11.2. The normalized spacial score (nSPS) is 11.4. The van der Waals surface area contributed by atoms with Gasteiger partial charge in [0.1, 0.15) is 16.9 Å². The lowest BCUT2D eigenvalue weighted by molar-refractivity contribution is 0.0522. The number of alkyl carbamates (subject to hydrolysis) is 1. The molecule has 3 rings (SSSR count). The minimum absolute atomic E-state index is 0.309. The largest absolute Gasteiger partial charge is 0.465 e. The number of hydrogen-bond donors (Lipinski definition) is 1. The molecule has 1 heterocycles.